The van der Waals surface area contributed by atoms with Crippen molar-refractivity contribution >= 4 is 5.97 Å². The van der Waals surface area contributed by atoms with Crippen molar-refractivity contribution in [1.29, 1.82) is 0 Å². The van der Waals surface area contributed by atoms with Crippen LogP contribution in [0.4, 0.5) is 0 Å². The monoisotopic (exact) mass is 453 g/mol. The Labute approximate surface area is 199 Å². The predicted molar refractivity (Wildman–Crippen MR) is 131 cm³/mol. The molecular formula is C28H39NO4. The number of ether oxygens (including phenoxy) is 3. The highest BCUT2D eigenvalue weighted by molar-refractivity contribution is 5.74. The Bertz CT molecular complexity index is 837. The van der Waals surface area contributed by atoms with E-state index in [4.69, 9.17) is 14.2 Å². The van der Waals surface area contributed by atoms with Crippen molar-refractivity contribution in [2.75, 3.05) is 40.5 Å². The molecule has 0 amide bonds. The van der Waals surface area contributed by atoms with Crippen LogP contribution < -0.4 is 0 Å². The molecule has 3 atom stereocenters. The second kappa shape index (κ2) is 12.9. The summed E-state index contributed by atoms with van der Waals surface area (Å²) in [6.07, 6.45) is 2.11. The molecule has 0 aromatic heterocycles. The molecule has 1 fully saturated rings. The first kappa shape index (κ1) is 25.4. The molecule has 2 aromatic rings. The highest BCUT2D eigenvalue weighted by Gasteiger charge is 2.28. The van der Waals surface area contributed by atoms with Gasteiger partial charge in [-0.3, -0.25) is 0 Å². The summed E-state index contributed by atoms with van der Waals surface area (Å²) in [5.74, 6) is 0.532. The van der Waals surface area contributed by atoms with Crippen LogP contribution in [0.3, 0.4) is 0 Å². The number of nitrogens with zero attached hydrogens (tertiary/aromatic N) is 1. The topological polar surface area (TPSA) is 48.0 Å². The summed E-state index contributed by atoms with van der Waals surface area (Å²) in [4.78, 5) is 14.9. The van der Waals surface area contributed by atoms with Crippen LogP contribution in [0.15, 0.2) is 54.6 Å². The van der Waals surface area contributed by atoms with Crippen LogP contribution in [-0.4, -0.2) is 57.4 Å². The SMILES string of the molecule is COCCN1CCC[C@H](c2ccc(C(O[C@@H](CC(C)C)C(=O)OC)c3ccccc3)cc2)C1. The summed E-state index contributed by atoms with van der Waals surface area (Å²) in [7, 11) is 3.18. The Morgan fingerprint density at radius 1 is 1.03 bits per heavy atom. The number of rotatable bonds is 11. The zero-order chi connectivity index (χ0) is 23.6. The van der Waals surface area contributed by atoms with Crippen LogP contribution >= 0.6 is 0 Å². The van der Waals surface area contributed by atoms with Crippen molar-refractivity contribution in [3.05, 3.63) is 71.3 Å². The van der Waals surface area contributed by atoms with Crippen molar-refractivity contribution in [2.24, 2.45) is 5.92 Å². The van der Waals surface area contributed by atoms with E-state index < -0.39 is 6.10 Å². The van der Waals surface area contributed by atoms with E-state index in [9.17, 15) is 4.79 Å². The smallest absolute Gasteiger partial charge is 0.335 e. The molecule has 0 bridgehead atoms. The lowest BCUT2D eigenvalue weighted by molar-refractivity contribution is -0.158. The maximum atomic E-state index is 12.5. The minimum absolute atomic E-state index is 0.320. The summed E-state index contributed by atoms with van der Waals surface area (Å²) < 4.78 is 16.7. The van der Waals surface area contributed by atoms with Gasteiger partial charge in [-0.2, -0.15) is 0 Å². The van der Waals surface area contributed by atoms with Crippen LogP contribution in [0.5, 0.6) is 0 Å². The maximum absolute atomic E-state index is 12.5. The largest absolute Gasteiger partial charge is 0.467 e. The Hall–Kier alpha value is -2.21. The molecule has 33 heavy (non-hydrogen) atoms. The minimum atomic E-state index is -0.604. The summed E-state index contributed by atoms with van der Waals surface area (Å²) in [6, 6.07) is 18.9. The van der Waals surface area contributed by atoms with E-state index in [1.807, 2.05) is 18.2 Å². The Morgan fingerprint density at radius 3 is 2.36 bits per heavy atom. The van der Waals surface area contributed by atoms with Crippen molar-refractivity contribution < 1.29 is 19.0 Å². The number of carbonyl (C=O) groups is 1. The van der Waals surface area contributed by atoms with Gasteiger partial charge in [0.1, 0.15) is 6.10 Å². The molecule has 5 nitrogen and oxygen atoms in total. The third-order valence-corrected chi connectivity index (χ3v) is 6.38. The second-order valence-corrected chi connectivity index (χ2v) is 9.37. The summed E-state index contributed by atoms with van der Waals surface area (Å²) in [6.45, 7) is 8.16. The number of hydrogen-bond donors (Lipinski definition) is 0. The highest BCUT2D eigenvalue weighted by Crippen LogP contribution is 2.32. The fourth-order valence-corrected chi connectivity index (χ4v) is 4.60. The first-order valence-corrected chi connectivity index (χ1v) is 12.1. The Morgan fingerprint density at radius 2 is 1.73 bits per heavy atom. The van der Waals surface area contributed by atoms with E-state index in [1.54, 1.807) is 7.11 Å². The first-order valence-electron chi connectivity index (χ1n) is 12.1. The summed E-state index contributed by atoms with van der Waals surface area (Å²) >= 11 is 0. The van der Waals surface area contributed by atoms with Crippen molar-refractivity contribution in [3.63, 3.8) is 0 Å². The van der Waals surface area contributed by atoms with Crippen LogP contribution in [0.1, 0.15) is 61.8 Å². The average molecular weight is 454 g/mol. The number of piperidine rings is 1. The zero-order valence-electron chi connectivity index (χ0n) is 20.5. The van der Waals surface area contributed by atoms with Crippen LogP contribution in [0, 0.1) is 5.92 Å². The average Bonchev–Trinajstić information content (AvgIpc) is 2.85. The Balaban J connectivity index is 1.80. The van der Waals surface area contributed by atoms with E-state index in [2.05, 4.69) is 55.1 Å². The molecule has 3 rings (SSSR count). The van der Waals surface area contributed by atoms with Gasteiger partial charge in [0, 0.05) is 20.2 Å². The van der Waals surface area contributed by atoms with Crippen LogP contribution in [0.25, 0.3) is 0 Å². The minimum Gasteiger partial charge on any atom is -0.467 e. The van der Waals surface area contributed by atoms with Gasteiger partial charge in [-0.05, 0) is 54.3 Å². The molecule has 1 aliphatic rings. The third-order valence-electron chi connectivity index (χ3n) is 6.38. The molecule has 0 radical (unpaired) electrons. The van der Waals surface area contributed by atoms with Gasteiger partial charge >= 0.3 is 5.97 Å². The quantitative estimate of drug-likeness (QED) is 0.437. The van der Waals surface area contributed by atoms with E-state index in [-0.39, 0.29) is 12.1 Å². The molecule has 5 heteroatoms. The number of esters is 1. The van der Waals surface area contributed by atoms with Gasteiger partial charge in [0.25, 0.3) is 0 Å². The van der Waals surface area contributed by atoms with Gasteiger partial charge in [0.05, 0.1) is 13.7 Å². The standard InChI is InChI=1S/C28H39NO4/c1-21(2)19-26(28(30)32-4)33-27(23-9-6-5-7-10-23)24-14-12-22(13-15-24)25-11-8-16-29(20-25)17-18-31-3/h5-7,9-10,12-15,21,25-27H,8,11,16-20H2,1-4H3/t25-,26-,27?/m0/s1. The molecule has 0 aliphatic carbocycles. The van der Waals surface area contributed by atoms with Gasteiger partial charge in [-0.15, -0.1) is 0 Å². The normalized spacial score (nSPS) is 18.8. The highest BCUT2D eigenvalue weighted by atomic mass is 16.6. The molecule has 0 N–H and O–H groups in total. The summed E-state index contributed by atoms with van der Waals surface area (Å²) in [5, 5.41) is 0. The maximum Gasteiger partial charge on any atom is 0.335 e. The molecule has 1 saturated heterocycles. The predicted octanol–water partition coefficient (Wildman–Crippen LogP) is 5.21. The molecule has 0 spiro atoms. The molecule has 1 aliphatic heterocycles. The van der Waals surface area contributed by atoms with E-state index in [1.165, 1.54) is 25.5 Å². The fourth-order valence-electron chi connectivity index (χ4n) is 4.60. The van der Waals surface area contributed by atoms with E-state index >= 15 is 0 Å². The van der Waals surface area contributed by atoms with Gasteiger partial charge in [-0.25, -0.2) is 4.79 Å². The van der Waals surface area contributed by atoms with Gasteiger partial charge < -0.3 is 19.1 Å². The molecule has 1 unspecified atom stereocenters. The third kappa shape index (κ3) is 7.39. The number of carbonyl (C=O) groups excluding carboxylic acids is 1. The zero-order valence-corrected chi connectivity index (χ0v) is 20.5. The number of hydrogen-bond acceptors (Lipinski definition) is 5. The number of methoxy groups -OCH3 is 2. The van der Waals surface area contributed by atoms with Crippen LogP contribution in [-0.2, 0) is 19.0 Å². The van der Waals surface area contributed by atoms with E-state index in [0.29, 0.717) is 18.3 Å². The molecular weight excluding hydrogens is 414 g/mol. The molecule has 0 saturated carbocycles. The molecule has 180 valence electrons. The van der Waals surface area contributed by atoms with Gasteiger partial charge in [0.2, 0.25) is 0 Å². The second-order valence-electron chi connectivity index (χ2n) is 9.37. The Kier molecular flexibility index (Phi) is 9.92. The van der Waals surface area contributed by atoms with Gasteiger partial charge in [-0.1, -0.05) is 68.4 Å². The first-order chi connectivity index (χ1) is 16.0. The lowest BCUT2D eigenvalue weighted by Gasteiger charge is -2.33. The molecule has 1 heterocycles. The van der Waals surface area contributed by atoms with E-state index in [0.717, 1.165) is 37.4 Å². The van der Waals surface area contributed by atoms with Crippen molar-refractivity contribution in [2.45, 2.75) is 51.2 Å². The van der Waals surface area contributed by atoms with Gasteiger partial charge in [0.15, 0.2) is 6.10 Å². The fraction of sp³-hybridized carbons (Fsp3) is 0.536. The summed E-state index contributed by atoms with van der Waals surface area (Å²) in [5.41, 5.74) is 3.44. The lowest BCUT2D eigenvalue weighted by Crippen LogP contribution is -2.36. The number of benzene rings is 2. The lowest BCUT2D eigenvalue weighted by atomic mass is 9.89. The number of likely N-dealkylation sites (tertiary alicyclic amines) is 1. The van der Waals surface area contributed by atoms with Crippen LogP contribution in [0.2, 0.25) is 0 Å². The molecule has 2 aromatic carbocycles. The van der Waals surface area contributed by atoms with Crippen molar-refractivity contribution in [1.82, 2.24) is 4.90 Å². The van der Waals surface area contributed by atoms with Crippen molar-refractivity contribution in [3.8, 4) is 0 Å².